The van der Waals surface area contributed by atoms with Crippen molar-refractivity contribution >= 4 is 26.0 Å². The van der Waals surface area contributed by atoms with Gasteiger partial charge in [0.15, 0.2) is 0 Å². The molecule has 0 aromatic heterocycles. The Morgan fingerprint density at radius 2 is 1.95 bits per heavy atom. The van der Waals surface area contributed by atoms with Crippen molar-refractivity contribution in [2.75, 3.05) is 13.2 Å². The van der Waals surface area contributed by atoms with Crippen LogP contribution in [0.25, 0.3) is 0 Å². The highest BCUT2D eigenvalue weighted by molar-refractivity contribution is 9.10. The molecule has 0 saturated heterocycles. The van der Waals surface area contributed by atoms with Crippen LogP contribution < -0.4 is 0 Å². The van der Waals surface area contributed by atoms with Crippen LogP contribution in [-0.2, 0) is 10.0 Å². The fourth-order valence-corrected chi connectivity index (χ4v) is 4.55. The molecule has 106 valence electrons. The number of nitrogens with zero attached hydrogens (tertiary/aromatic N) is 1. The van der Waals surface area contributed by atoms with Gasteiger partial charge in [-0.25, -0.2) is 8.42 Å². The Labute approximate surface area is 122 Å². The molecule has 0 amide bonds. The Kier molecular flexibility index (Phi) is 4.35. The lowest BCUT2D eigenvalue weighted by atomic mass is 10.2. The molecule has 1 fully saturated rings. The van der Waals surface area contributed by atoms with E-state index in [9.17, 15) is 8.42 Å². The molecular weight excluding hydrogens is 330 g/mol. The Morgan fingerprint density at radius 3 is 2.47 bits per heavy atom. The summed E-state index contributed by atoms with van der Waals surface area (Å²) < 4.78 is 27.7. The van der Waals surface area contributed by atoms with Crippen molar-refractivity contribution in [3.63, 3.8) is 0 Å². The first kappa shape index (κ1) is 15.0. The molecule has 19 heavy (non-hydrogen) atoms. The van der Waals surface area contributed by atoms with Gasteiger partial charge in [0, 0.05) is 17.1 Å². The van der Waals surface area contributed by atoms with Gasteiger partial charge in [-0.15, -0.1) is 0 Å². The van der Waals surface area contributed by atoms with E-state index in [1.165, 1.54) is 4.31 Å². The average Bonchev–Trinajstić information content (AvgIpc) is 3.14. The predicted octanol–water partition coefficient (Wildman–Crippen LogP) is 2.21. The van der Waals surface area contributed by atoms with Gasteiger partial charge in [0.25, 0.3) is 0 Å². The lowest BCUT2D eigenvalue weighted by Crippen LogP contribution is -2.35. The lowest BCUT2D eigenvalue weighted by Gasteiger charge is -2.22. The number of hydrogen-bond donors (Lipinski definition) is 1. The zero-order chi connectivity index (χ0) is 14.2. The molecule has 2 rings (SSSR count). The van der Waals surface area contributed by atoms with E-state index in [4.69, 9.17) is 5.11 Å². The molecule has 4 nitrogen and oxygen atoms in total. The number of halogens is 1. The minimum absolute atomic E-state index is 0.0560. The molecule has 0 atom stereocenters. The van der Waals surface area contributed by atoms with Gasteiger partial charge in [-0.1, -0.05) is 15.9 Å². The number of benzene rings is 1. The van der Waals surface area contributed by atoms with Crippen molar-refractivity contribution in [2.24, 2.45) is 0 Å². The highest BCUT2D eigenvalue weighted by Gasteiger charge is 2.38. The number of hydrogen-bond acceptors (Lipinski definition) is 3. The van der Waals surface area contributed by atoms with Crippen LogP contribution in [0.5, 0.6) is 0 Å². The highest BCUT2D eigenvalue weighted by Crippen LogP contribution is 2.34. The zero-order valence-electron chi connectivity index (χ0n) is 11.1. The number of sulfonamides is 1. The molecule has 1 aromatic rings. The topological polar surface area (TPSA) is 57.6 Å². The molecule has 0 aliphatic heterocycles. The monoisotopic (exact) mass is 347 g/mol. The van der Waals surface area contributed by atoms with E-state index in [2.05, 4.69) is 15.9 Å². The second-order valence-electron chi connectivity index (χ2n) is 4.94. The maximum atomic E-state index is 12.7. The molecule has 0 bridgehead atoms. The summed E-state index contributed by atoms with van der Waals surface area (Å²) in [6, 6.07) is 3.58. The largest absolute Gasteiger partial charge is 0.395 e. The summed E-state index contributed by atoms with van der Waals surface area (Å²) in [7, 11) is -3.52. The summed E-state index contributed by atoms with van der Waals surface area (Å²) in [6.45, 7) is 3.68. The van der Waals surface area contributed by atoms with E-state index >= 15 is 0 Å². The van der Waals surface area contributed by atoms with E-state index in [0.29, 0.717) is 4.90 Å². The van der Waals surface area contributed by atoms with Gasteiger partial charge in [-0.3, -0.25) is 0 Å². The second-order valence-corrected chi connectivity index (χ2v) is 7.65. The van der Waals surface area contributed by atoms with Gasteiger partial charge < -0.3 is 5.11 Å². The summed E-state index contributed by atoms with van der Waals surface area (Å²) in [5.41, 5.74) is 1.62. The normalized spacial score (nSPS) is 16.1. The number of aliphatic hydroxyl groups excluding tert-OH is 1. The van der Waals surface area contributed by atoms with E-state index in [1.54, 1.807) is 13.0 Å². The van der Waals surface area contributed by atoms with Crippen LogP contribution in [0.3, 0.4) is 0 Å². The smallest absolute Gasteiger partial charge is 0.243 e. The third-order valence-electron chi connectivity index (χ3n) is 3.32. The molecular formula is C13H18BrNO3S. The number of rotatable bonds is 5. The van der Waals surface area contributed by atoms with Crippen molar-refractivity contribution in [2.45, 2.75) is 37.6 Å². The van der Waals surface area contributed by atoms with Gasteiger partial charge >= 0.3 is 0 Å². The van der Waals surface area contributed by atoms with E-state index < -0.39 is 10.0 Å². The van der Waals surface area contributed by atoms with Crippen molar-refractivity contribution in [1.29, 1.82) is 0 Å². The predicted molar refractivity (Wildman–Crippen MR) is 77.6 cm³/mol. The fraction of sp³-hybridized carbons (Fsp3) is 0.538. The molecule has 0 heterocycles. The minimum atomic E-state index is -3.52. The summed E-state index contributed by atoms with van der Waals surface area (Å²) in [6.07, 6.45) is 1.77. The maximum Gasteiger partial charge on any atom is 0.243 e. The Hall–Kier alpha value is -0.430. The summed E-state index contributed by atoms with van der Waals surface area (Å²) in [4.78, 5) is 0.341. The van der Waals surface area contributed by atoms with Crippen molar-refractivity contribution in [1.82, 2.24) is 4.31 Å². The molecule has 1 N–H and O–H groups in total. The van der Waals surface area contributed by atoms with E-state index in [1.807, 2.05) is 13.0 Å². The Bertz CT molecular complexity index is 582. The third-order valence-corrected chi connectivity index (χ3v) is 6.27. The molecule has 6 heteroatoms. The second kappa shape index (κ2) is 5.52. The Balaban J connectivity index is 2.46. The molecule has 0 radical (unpaired) electrons. The molecule has 1 aliphatic carbocycles. The molecule has 1 aliphatic rings. The third kappa shape index (κ3) is 3.02. The van der Waals surface area contributed by atoms with Gasteiger partial charge in [-0.05, 0) is 49.9 Å². The van der Waals surface area contributed by atoms with E-state index in [-0.39, 0.29) is 19.2 Å². The summed E-state index contributed by atoms with van der Waals surface area (Å²) in [5, 5.41) is 9.08. The summed E-state index contributed by atoms with van der Waals surface area (Å²) >= 11 is 3.41. The Morgan fingerprint density at radius 1 is 1.32 bits per heavy atom. The average molecular weight is 348 g/mol. The van der Waals surface area contributed by atoms with Crippen molar-refractivity contribution < 1.29 is 13.5 Å². The van der Waals surface area contributed by atoms with Gasteiger partial charge in [0.1, 0.15) is 0 Å². The summed E-state index contributed by atoms with van der Waals surface area (Å²) in [5.74, 6) is 0. The zero-order valence-corrected chi connectivity index (χ0v) is 13.5. The molecule has 1 aromatic carbocycles. The minimum Gasteiger partial charge on any atom is -0.395 e. The SMILES string of the molecule is Cc1cc(S(=O)(=O)N(CCO)C2CC2)c(C)cc1Br. The van der Waals surface area contributed by atoms with Crippen LogP contribution in [0.1, 0.15) is 24.0 Å². The van der Waals surface area contributed by atoms with Gasteiger partial charge in [0.2, 0.25) is 10.0 Å². The number of aryl methyl sites for hydroxylation is 2. The number of aliphatic hydroxyl groups is 1. The first-order valence-electron chi connectivity index (χ1n) is 6.27. The molecule has 0 unspecified atom stereocenters. The van der Waals surface area contributed by atoms with Crippen molar-refractivity contribution in [3.8, 4) is 0 Å². The lowest BCUT2D eigenvalue weighted by molar-refractivity contribution is 0.250. The van der Waals surface area contributed by atoms with Gasteiger partial charge in [0.05, 0.1) is 11.5 Å². The molecule has 0 spiro atoms. The van der Waals surface area contributed by atoms with Crippen LogP contribution in [0.2, 0.25) is 0 Å². The van der Waals surface area contributed by atoms with Crippen LogP contribution in [0, 0.1) is 13.8 Å². The maximum absolute atomic E-state index is 12.7. The quantitative estimate of drug-likeness (QED) is 0.888. The van der Waals surface area contributed by atoms with Crippen LogP contribution in [0.4, 0.5) is 0 Å². The standard InChI is InChI=1S/C13H18BrNO3S/c1-9-8-13(10(2)7-12(9)14)19(17,18)15(5-6-16)11-3-4-11/h7-8,11,16H,3-6H2,1-2H3. The van der Waals surface area contributed by atoms with Crippen LogP contribution in [-0.4, -0.2) is 37.0 Å². The highest BCUT2D eigenvalue weighted by atomic mass is 79.9. The fourth-order valence-electron chi connectivity index (χ4n) is 2.12. The first-order chi connectivity index (χ1) is 8.87. The van der Waals surface area contributed by atoms with Crippen molar-refractivity contribution in [3.05, 3.63) is 27.7 Å². The molecule has 1 saturated carbocycles. The van der Waals surface area contributed by atoms with Gasteiger partial charge in [-0.2, -0.15) is 4.31 Å². The van der Waals surface area contributed by atoms with E-state index in [0.717, 1.165) is 28.4 Å². The first-order valence-corrected chi connectivity index (χ1v) is 8.50. The van der Waals surface area contributed by atoms with Crippen LogP contribution >= 0.6 is 15.9 Å². The van der Waals surface area contributed by atoms with Crippen LogP contribution in [0.15, 0.2) is 21.5 Å².